The van der Waals surface area contributed by atoms with Gasteiger partial charge in [0, 0.05) is 0 Å². The number of hydrogen-bond donors (Lipinski definition) is 0. The maximum Gasteiger partial charge on any atom is 0.543 e. The summed E-state index contributed by atoms with van der Waals surface area (Å²) in [4.78, 5) is 29.8. The molecule has 0 spiro atoms. The van der Waals surface area contributed by atoms with Crippen LogP contribution in [-0.4, -0.2) is 24.5 Å². The SMILES string of the molecule is CCC(C)OC(=O)OOOC(=O)OC(C)CC. The van der Waals surface area contributed by atoms with Crippen LogP contribution in [0.3, 0.4) is 0 Å². The van der Waals surface area contributed by atoms with Gasteiger partial charge in [-0.25, -0.2) is 19.4 Å². The molecular weight excluding hydrogens is 232 g/mol. The largest absolute Gasteiger partial charge is 0.543 e. The van der Waals surface area contributed by atoms with Crippen molar-refractivity contribution >= 4 is 12.3 Å². The Bertz CT molecular complexity index is 217. The van der Waals surface area contributed by atoms with E-state index < -0.39 is 12.3 Å². The maximum absolute atomic E-state index is 10.9. The van der Waals surface area contributed by atoms with Crippen molar-refractivity contribution in [3.63, 3.8) is 0 Å². The van der Waals surface area contributed by atoms with Crippen LogP contribution in [0.15, 0.2) is 0 Å². The van der Waals surface area contributed by atoms with E-state index in [9.17, 15) is 9.59 Å². The standard InChI is InChI=1S/C10H18O7/c1-5-7(3)13-9(11)15-17-16-10(12)14-8(4)6-2/h7-8H,5-6H2,1-4H3. The molecule has 0 fully saturated rings. The lowest BCUT2D eigenvalue weighted by Gasteiger charge is -2.10. The van der Waals surface area contributed by atoms with E-state index in [2.05, 4.69) is 24.3 Å². The Morgan fingerprint density at radius 3 is 1.53 bits per heavy atom. The average Bonchev–Trinajstić information content (AvgIpc) is 2.28. The van der Waals surface area contributed by atoms with E-state index >= 15 is 0 Å². The van der Waals surface area contributed by atoms with Gasteiger partial charge in [0.15, 0.2) is 0 Å². The van der Waals surface area contributed by atoms with Crippen LogP contribution < -0.4 is 0 Å². The highest BCUT2D eigenvalue weighted by atomic mass is 17.5. The summed E-state index contributed by atoms with van der Waals surface area (Å²) in [5, 5.41) is 3.90. The van der Waals surface area contributed by atoms with Crippen molar-refractivity contribution in [2.45, 2.75) is 52.7 Å². The van der Waals surface area contributed by atoms with Crippen LogP contribution in [0, 0.1) is 0 Å². The molecule has 0 amide bonds. The van der Waals surface area contributed by atoms with Crippen LogP contribution in [0.25, 0.3) is 0 Å². The van der Waals surface area contributed by atoms with Crippen molar-refractivity contribution in [1.29, 1.82) is 0 Å². The Morgan fingerprint density at radius 1 is 0.882 bits per heavy atom. The molecule has 0 aromatic heterocycles. The van der Waals surface area contributed by atoms with E-state index in [-0.39, 0.29) is 12.2 Å². The minimum atomic E-state index is -1.09. The van der Waals surface area contributed by atoms with Crippen molar-refractivity contribution < 1.29 is 33.9 Å². The second kappa shape index (κ2) is 8.63. The molecular formula is C10H18O7. The number of hydrogen-bond acceptors (Lipinski definition) is 7. The van der Waals surface area contributed by atoms with Gasteiger partial charge in [0.1, 0.15) is 12.2 Å². The highest BCUT2D eigenvalue weighted by Gasteiger charge is 2.14. The van der Waals surface area contributed by atoms with Gasteiger partial charge in [0.25, 0.3) is 0 Å². The van der Waals surface area contributed by atoms with E-state index in [0.717, 1.165) is 0 Å². The van der Waals surface area contributed by atoms with Gasteiger partial charge in [-0.05, 0) is 26.7 Å². The van der Waals surface area contributed by atoms with Crippen LogP contribution in [0.5, 0.6) is 0 Å². The van der Waals surface area contributed by atoms with E-state index in [1.807, 2.05) is 13.8 Å². The normalized spacial score (nSPS) is 13.4. The predicted octanol–water partition coefficient (Wildman–Crippen LogP) is 2.74. The summed E-state index contributed by atoms with van der Waals surface area (Å²) in [6.07, 6.45) is -1.53. The van der Waals surface area contributed by atoms with E-state index in [1.54, 1.807) is 13.8 Å². The number of carbonyl (C=O) groups is 2. The van der Waals surface area contributed by atoms with Gasteiger partial charge in [-0.2, -0.15) is 0 Å². The smallest absolute Gasteiger partial charge is 0.429 e. The first-order chi connectivity index (χ1) is 7.99. The molecule has 2 atom stereocenters. The number of carbonyl (C=O) groups excluding carboxylic acids is 2. The lowest BCUT2D eigenvalue weighted by molar-refractivity contribution is -0.459. The highest BCUT2D eigenvalue weighted by molar-refractivity contribution is 5.60. The van der Waals surface area contributed by atoms with Crippen molar-refractivity contribution in [2.75, 3.05) is 0 Å². The first-order valence-corrected chi connectivity index (χ1v) is 5.41. The fraction of sp³-hybridized carbons (Fsp3) is 0.800. The number of ether oxygens (including phenoxy) is 2. The van der Waals surface area contributed by atoms with Crippen molar-refractivity contribution in [3.8, 4) is 0 Å². The molecule has 0 saturated carbocycles. The predicted molar refractivity (Wildman–Crippen MR) is 55.7 cm³/mol. The molecule has 0 N–H and O–H groups in total. The third-order valence-electron chi connectivity index (χ3n) is 1.95. The van der Waals surface area contributed by atoms with Gasteiger partial charge in [-0.3, -0.25) is 0 Å². The van der Waals surface area contributed by atoms with Crippen LogP contribution in [-0.2, 0) is 24.3 Å². The molecule has 2 unspecified atom stereocenters. The van der Waals surface area contributed by atoms with Gasteiger partial charge in [0.05, 0.1) is 5.04 Å². The quantitative estimate of drug-likeness (QED) is 0.407. The molecule has 0 radical (unpaired) electrons. The zero-order valence-corrected chi connectivity index (χ0v) is 10.4. The summed E-state index contributed by atoms with van der Waals surface area (Å²) in [6, 6.07) is 0. The maximum atomic E-state index is 10.9. The third-order valence-corrected chi connectivity index (χ3v) is 1.95. The molecule has 0 rings (SSSR count). The molecule has 0 aromatic rings. The van der Waals surface area contributed by atoms with Crippen LogP contribution in [0.2, 0.25) is 0 Å². The molecule has 0 saturated heterocycles. The molecule has 7 nitrogen and oxygen atoms in total. The average molecular weight is 250 g/mol. The monoisotopic (exact) mass is 250 g/mol. The Balaban J connectivity index is 3.62. The van der Waals surface area contributed by atoms with Crippen molar-refractivity contribution in [2.24, 2.45) is 0 Å². The van der Waals surface area contributed by atoms with Gasteiger partial charge in [-0.15, -0.1) is 0 Å². The Labute approximate surface area is 99.8 Å². The highest BCUT2D eigenvalue weighted by Crippen LogP contribution is 2.01. The van der Waals surface area contributed by atoms with Crippen molar-refractivity contribution in [1.82, 2.24) is 0 Å². The Kier molecular flexibility index (Phi) is 7.87. The second-order valence-corrected chi connectivity index (χ2v) is 3.41. The molecule has 7 heteroatoms. The molecule has 0 aromatic carbocycles. The van der Waals surface area contributed by atoms with E-state index in [4.69, 9.17) is 0 Å². The minimum absolute atomic E-state index is 0.307. The summed E-state index contributed by atoms with van der Waals surface area (Å²) in [6.45, 7) is 7.02. The molecule has 0 aliphatic heterocycles. The zero-order chi connectivity index (χ0) is 13.3. The molecule has 0 bridgehead atoms. The molecule has 0 aliphatic rings. The molecule has 17 heavy (non-hydrogen) atoms. The van der Waals surface area contributed by atoms with E-state index in [1.165, 1.54) is 0 Å². The molecule has 0 aliphatic carbocycles. The summed E-state index contributed by atoms with van der Waals surface area (Å²) >= 11 is 0. The van der Waals surface area contributed by atoms with Gasteiger partial charge < -0.3 is 9.47 Å². The lowest BCUT2D eigenvalue weighted by Crippen LogP contribution is -2.19. The first kappa shape index (κ1) is 15.5. The summed E-state index contributed by atoms with van der Waals surface area (Å²) in [7, 11) is 0. The summed E-state index contributed by atoms with van der Waals surface area (Å²) < 4.78 is 9.33. The summed E-state index contributed by atoms with van der Waals surface area (Å²) in [5.41, 5.74) is 0. The second-order valence-electron chi connectivity index (χ2n) is 3.41. The zero-order valence-electron chi connectivity index (χ0n) is 10.4. The third kappa shape index (κ3) is 8.32. The molecule has 0 heterocycles. The fourth-order valence-electron chi connectivity index (χ4n) is 0.607. The topological polar surface area (TPSA) is 80.3 Å². The summed E-state index contributed by atoms with van der Waals surface area (Å²) in [5.74, 6) is 0. The molecule has 100 valence electrons. The fourth-order valence-corrected chi connectivity index (χ4v) is 0.607. The first-order valence-electron chi connectivity index (χ1n) is 5.41. The van der Waals surface area contributed by atoms with Gasteiger partial charge >= 0.3 is 12.3 Å². The van der Waals surface area contributed by atoms with E-state index in [0.29, 0.717) is 12.8 Å². The number of rotatable bonds is 6. The van der Waals surface area contributed by atoms with Crippen LogP contribution in [0.1, 0.15) is 40.5 Å². The Hall–Kier alpha value is -1.50. The minimum Gasteiger partial charge on any atom is -0.429 e. The van der Waals surface area contributed by atoms with Crippen LogP contribution in [0.4, 0.5) is 9.59 Å². The van der Waals surface area contributed by atoms with Gasteiger partial charge in [0.2, 0.25) is 0 Å². The van der Waals surface area contributed by atoms with Crippen molar-refractivity contribution in [3.05, 3.63) is 0 Å². The lowest BCUT2D eigenvalue weighted by atomic mass is 10.3. The Morgan fingerprint density at radius 2 is 1.24 bits per heavy atom. The van der Waals surface area contributed by atoms with Crippen LogP contribution >= 0.6 is 0 Å². The van der Waals surface area contributed by atoms with Gasteiger partial charge in [-0.1, -0.05) is 13.8 Å².